The summed E-state index contributed by atoms with van der Waals surface area (Å²) in [6, 6.07) is 10.3. The first kappa shape index (κ1) is 18.6. The molecule has 0 aliphatic carbocycles. The SMILES string of the molecule is CC1CCCN(C(C)CNC(=O)CCc2ncc(-c3ccccc3)o2)C1. The van der Waals surface area contributed by atoms with Crippen LogP contribution in [0.1, 0.15) is 39.0 Å². The van der Waals surface area contributed by atoms with Crippen molar-refractivity contribution in [3.8, 4) is 11.3 Å². The van der Waals surface area contributed by atoms with Crippen molar-refractivity contribution in [2.45, 2.75) is 45.6 Å². The third-order valence-corrected chi connectivity index (χ3v) is 5.08. The van der Waals surface area contributed by atoms with E-state index in [1.54, 1.807) is 6.20 Å². The lowest BCUT2D eigenvalue weighted by molar-refractivity contribution is -0.121. The van der Waals surface area contributed by atoms with Crippen LogP contribution in [0.4, 0.5) is 0 Å². The molecule has 1 N–H and O–H groups in total. The molecule has 140 valence electrons. The summed E-state index contributed by atoms with van der Waals surface area (Å²) in [4.78, 5) is 18.9. The quantitative estimate of drug-likeness (QED) is 0.826. The summed E-state index contributed by atoms with van der Waals surface area (Å²) in [5, 5.41) is 3.05. The van der Waals surface area contributed by atoms with Crippen molar-refractivity contribution >= 4 is 5.91 Å². The summed E-state index contributed by atoms with van der Waals surface area (Å²) >= 11 is 0. The van der Waals surface area contributed by atoms with Crippen LogP contribution in [0.5, 0.6) is 0 Å². The first-order valence-electron chi connectivity index (χ1n) is 9.62. The average molecular weight is 355 g/mol. The summed E-state index contributed by atoms with van der Waals surface area (Å²) in [5.41, 5.74) is 1.00. The number of carbonyl (C=O) groups is 1. The van der Waals surface area contributed by atoms with Crippen LogP contribution in [-0.2, 0) is 11.2 Å². The smallest absolute Gasteiger partial charge is 0.220 e. The van der Waals surface area contributed by atoms with Gasteiger partial charge < -0.3 is 9.73 Å². The van der Waals surface area contributed by atoms with Crippen molar-refractivity contribution in [2.24, 2.45) is 5.92 Å². The highest BCUT2D eigenvalue weighted by atomic mass is 16.4. The lowest BCUT2D eigenvalue weighted by Gasteiger charge is -2.35. The highest BCUT2D eigenvalue weighted by Gasteiger charge is 2.21. The molecule has 2 atom stereocenters. The number of nitrogens with zero attached hydrogens (tertiary/aromatic N) is 2. The Bertz CT molecular complexity index is 698. The van der Waals surface area contributed by atoms with Gasteiger partial charge in [0.1, 0.15) is 0 Å². The van der Waals surface area contributed by atoms with E-state index in [9.17, 15) is 4.79 Å². The predicted molar refractivity (Wildman–Crippen MR) is 103 cm³/mol. The molecule has 1 aliphatic rings. The summed E-state index contributed by atoms with van der Waals surface area (Å²) in [7, 11) is 0. The molecular formula is C21H29N3O2. The Morgan fingerprint density at radius 1 is 1.38 bits per heavy atom. The van der Waals surface area contributed by atoms with Crippen molar-refractivity contribution in [1.29, 1.82) is 0 Å². The van der Waals surface area contributed by atoms with Gasteiger partial charge in [0.2, 0.25) is 5.91 Å². The van der Waals surface area contributed by atoms with E-state index in [1.807, 2.05) is 30.3 Å². The molecule has 0 spiro atoms. The highest BCUT2D eigenvalue weighted by molar-refractivity contribution is 5.76. The molecule has 2 unspecified atom stereocenters. The number of hydrogen-bond donors (Lipinski definition) is 1. The van der Waals surface area contributed by atoms with E-state index >= 15 is 0 Å². The second kappa shape index (κ2) is 8.99. The van der Waals surface area contributed by atoms with Crippen LogP contribution < -0.4 is 5.32 Å². The molecule has 2 heterocycles. The van der Waals surface area contributed by atoms with Crippen molar-refractivity contribution < 1.29 is 9.21 Å². The van der Waals surface area contributed by atoms with Crippen LogP contribution in [0, 0.1) is 5.92 Å². The number of likely N-dealkylation sites (tertiary alicyclic amines) is 1. The number of nitrogens with one attached hydrogen (secondary N) is 1. The molecule has 0 bridgehead atoms. The molecule has 2 aromatic rings. The minimum Gasteiger partial charge on any atom is -0.441 e. The van der Waals surface area contributed by atoms with Crippen LogP contribution in [0.15, 0.2) is 40.9 Å². The topological polar surface area (TPSA) is 58.4 Å². The van der Waals surface area contributed by atoms with Gasteiger partial charge in [-0.05, 0) is 32.2 Å². The monoisotopic (exact) mass is 355 g/mol. The van der Waals surface area contributed by atoms with E-state index in [2.05, 4.69) is 29.0 Å². The Kier molecular flexibility index (Phi) is 6.45. The Morgan fingerprint density at radius 2 is 2.19 bits per heavy atom. The Morgan fingerprint density at radius 3 is 2.96 bits per heavy atom. The third kappa shape index (κ3) is 5.18. The van der Waals surface area contributed by atoms with Gasteiger partial charge in [0, 0.05) is 37.5 Å². The lowest BCUT2D eigenvalue weighted by atomic mass is 9.99. The first-order valence-corrected chi connectivity index (χ1v) is 9.62. The maximum Gasteiger partial charge on any atom is 0.220 e. The molecule has 1 aromatic heterocycles. The van der Waals surface area contributed by atoms with Gasteiger partial charge in [-0.3, -0.25) is 9.69 Å². The molecule has 1 aliphatic heterocycles. The first-order chi connectivity index (χ1) is 12.6. The minimum atomic E-state index is 0.0568. The predicted octanol–water partition coefficient (Wildman–Crippen LogP) is 3.51. The number of aryl methyl sites for hydroxylation is 1. The molecule has 1 amide bonds. The fraction of sp³-hybridized carbons (Fsp3) is 0.524. The second-order valence-corrected chi connectivity index (χ2v) is 7.38. The minimum absolute atomic E-state index is 0.0568. The van der Waals surface area contributed by atoms with E-state index in [0.717, 1.165) is 30.3 Å². The van der Waals surface area contributed by atoms with Gasteiger partial charge in [-0.25, -0.2) is 4.98 Å². The molecular weight excluding hydrogens is 326 g/mol. The standard InChI is InChI=1S/C21H29N3O2/c1-16-7-6-12-24(15-16)17(2)13-22-20(25)10-11-21-23-14-19(26-21)18-8-4-3-5-9-18/h3-5,8-9,14,16-17H,6-7,10-13,15H2,1-2H3,(H,22,25). The van der Waals surface area contributed by atoms with E-state index in [1.165, 1.54) is 12.8 Å². The number of carbonyl (C=O) groups excluding carboxylic acids is 1. The zero-order valence-electron chi connectivity index (χ0n) is 15.8. The Balaban J connectivity index is 1.41. The molecule has 1 fully saturated rings. The summed E-state index contributed by atoms with van der Waals surface area (Å²) in [6.07, 6.45) is 5.22. The number of rotatable bonds is 7. The van der Waals surface area contributed by atoms with Crippen molar-refractivity contribution in [2.75, 3.05) is 19.6 Å². The Hall–Kier alpha value is -2.14. The van der Waals surface area contributed by atoms with E-state index in [0.29, 0.717) is 31.3 Å². The van der Waals surface area contributed by atoms with Crippen molar-refractivity contribution in [3.05, 3.63) is 42.4 Å². The average Bonchev–Trinajstić information content (AvgIpc) is 3.14. The molecule has 1 saturated heterocycles. The highest BCUT2D eigenvalue weighted by Crippen LogP contribution is 2.20. The van der Waals surface area contributed by atoms with Gasteiger partial charge >= 0.3 is 0 Å². The summed E-state index contributed by atoms with van der Waals surface area (Å²) in [5.74, 6) is 2.16. The van der Waals surface area contributed by atoms with Gasteiger partial charge in [-0.2, -0.15) is 0 Å². The maximum atomic E-state index is 12.1. The number of oxazole rings is 1. The number of amides is 1. The normalized spacial score (nSPS) is 19.2. The molecule has 0 radical (unpaired) electrons. The number of hydrogen-bond acceptors (Lipinski definition) is 4. The van der Waals surface area contributed by atoms with E-state index in [-0.39, 0.29) is 5.91 Å². The van der Waals surface area contributed by atoms with Crippen LogP contribution in [-0.4, -0.2) is 41.5 Å². The molecule has 1 aromatic carbocycles. The van der Waals surface area contributed by atoms with E-state index < -0.39 is 0 Å². The van der Waals surface area contributed by atoms with Gasteiger partial charge in [0.25, 0.3) is 0 Å². The third-order valence-electron chi connectivity index (χ3n) is 5.08. The summed E-state index contributed by atoms with van der Waals surface area (Å²) in [6.45, 7) is 7.47. The molecule has 0 saturated carbocycles. The molecule has 3 rings (SSSR count). The summed E-state index contributed by atoms with van der Waals surface area (Å²) < 4.78 is 5.75. The van der Waals surface area contributed by atoms with Crippen LogP contribution >= 0.6 is 0 Å². The van der Waals surface area contributed by atoms with E-state index in [4.69, 9.17) is 4.42 Å². The van der Waals surface area contributed by atoms with Gasteiger partial charge in [0.15, 0.2) is 11.7 Å². The van der Waals surface area contributed by atoms with Crippen molar-refractivity contribution in [3.63, 3.8) is 0 Å². The largest absolute Gasteiger partial charge is 0.441 e. The fourth-order valence-electron chi connectivity index (χ4n) is 3.49. The number of piperidine rings is 1. The fourth-order valence-corrected chi connectivity index (χ4v) is 3.49. The van der Waals surface area contributed by atoms with Crippen LogP contribution in [0.3, 0.4) is 0 Å². The van der Waals surface area contributed by atoms with Crippen molar-refractivity contribution in [1.82, 2.24) is 15.2 Å². The lowest BCUT2D eigenvalue weighted by Crippen LogP contribution is -2.46. The van der Waals surface area contributed by atoms with Gasteiger partial charge in [-0.15, -0.1) is 0 Å². The second-order valence-electron chi connectivity index (χ2n) is 7.38. The number of benzene rings is 1. The van der Waals surface area contributed by atoms with Crippen LogP contribution in [0.2, 0.25) is 0 Å². The zero-order chi connectivity index (χ0) is 18.4. The van der Waals surface area contributed by atoms with Gasteiger partial charge in [0.05, 0.1) is 6.20 Å². The molecule has 5 heteroatoms. The maximum absolute atomic E-state index is 12.1. The Labute approximate surface area is 155 Å². The van der Waals surface area contributed by atoms with Crippen LogP contribution in [0.25, 0.3) is 11.3 Å². The number of aromatic nitrogens is 1. The zero-order valence-corrected chi connectivity index (χ0v) is 15.8. The molecule has 26 heavy (non-hydrogen) atoms. The molecule has 5 nitrogen and oxygen atoms in total. The van der Waals surface area contributed by atoms with Gasteiger partial charge in [-0.1, -0.05) is 37.3 Å².